The topological polar surface area (TPSA) is 32.3 Å². The molecule has 1 aromatic rings. The minimum atomic E-state index is 0.253. The van der Waals surface area contributed by atoms with Crippen LogP contribution >= 0.6 is 11.3 Å². The van der Waals surface area contributed by atoms with E-state index in [0.717, 1.165) is 25.4 Å². The first-order chi connectivity index (χ1) is 9.24. The van der Waals surface area contributed by atoms with Crippen molar-refractivity contribution in [3.05, 3.63) is 21.9 Å². The van der Waals surface area contributed by atoms with E-state index in [1.54, 1.807) is 0 Å². The Morgan fingerprint density at radius 3 is 3.16 bits per heavy atom. The molecule has 0 saturated heterocycles. The predicted octanol–water partition coefficient (Wildman–Crippen LogP) is 2.41. The molecule has 2 heterocycles. The number of carbonyl (C=O) groups is 1. The highest BCUT2D eigenvalue weighted by Gasteiger charge is 2.25. The van der Waals surface area contributed by atoms with Crippen LogP contribution in [-0.4, -0.2) is 29.9 Å². The Morgan fingerprint density at radius 2 is 2.42 bits per heavy atom. The standard InChI is InChI=1S/C15H22N2OS/c1-11(12-3-2-4-12)16-9-15(18)17-7-5-14-13(10-17)6-8-19-14/h6,8,11-12,16H,2-5,7,9-10H2,1H3. The largest absolute Gasteiger partial charge is 0.337 e. The predicted molar refractivity (Wildman–Crippen MR) is 78.2 cm³/mol. The van der Waals surface area contributed by atoms with Crippen molar-refractivity contribution in [1.82, 2.24) is 10.2 Å². The van der Waals surface area contributed by atoms with Gasteiger partial charge >= 0.3 is 0 Å². The highest BCUT2D eigenvalue weighted by atomic mass is 32.1. The van der Waals surface area contributed by atoms with Gasteiger partial charge in [-0.2, -0.15) is 0 Å². The molecule has 0 bridgehead atoms. The monoisotopic (exact) mass is 278 g/mol. The van der Waals surface area contributed by atoms with Gasteiger partial charge < -0.3 is 10.2 Å². The van der Waals surface area contributed by atoms with E-state index in [0.29, 0.717) is 12.6 Å². The van der Waals surface area contributed by atoms with Crippen LogP contribution in [0.15, 0.2) is 11.4 Å². The quantitative estimate of drug-likeness (QED) is 0.917. The molecule has 1 fully saturated rings. The van der Waals surface area contributed by atoms with Crippen LogP contribution < -0.4 is 5.32 Å². The first-order valence-corrected chi connectivity index (χ1v) is 8.18. The van der Waals surface area contributed by atoms with Gasteiger partial charge in [-0.25, -0.2) is 0 Å². The van der Waals surface area contributed by atoms with Crippen LogP contribution in [0.25, 0.3) is 0 Å². The molecular formula is C15H22N2OS. The molecule has 1 N–H and O–H groups in total. The number of nitrogens with zero attached hydrogens (tertiary/aromatic N) is 1. The molecule has 0 radical (unpaired) electrons. The zero-order chi connectivity index (χ0) is 13.2. The second-order valence-electron chi connectivity index (χ2n) is 5.79. The SMILES string of the molecule is CC(NCC(=O)N1CCc2sccc2C1)C1CCC1. The number of amides is 1. The van der Waals surface area contributed by atoms with Gasteiger partial charge in [-0.05, 0) is 49.1 Å². The molecule has 19 heavy (non-hydrogen) atoms. The van der Waals surface area contributed by atoms with Crippen molar-refractivity contribution in [3.63, 3.8) is 0 Å². The van der Waals surface area contributed by atoms with Crippen LogP contribution in [0.2, 0.25) is 0 Å². The van der Waals surface area contributed by atoms with Crippen molar-refractivity contribution in [3.8, 4) is 0 Å². The number of hydrogen-bond acceptors (Lipinski definition) is 3. The third-order valence-corrected chi connectivity index (χ3v) is 5.62. The fourth-order valence-corrected chi connectivity index (χ4v) is 3.82. The average Bonchev–Trinajstić information content (AvgIpc) is 2.80. The van der Waals surface area contributed by atoms with Gasteiger partial charge in [0.2, 0.25) is 5.91 Å². The maximum atomic E-state index is 12.2. The fraction of sp³-hybridized carbons (Fsp3) is 0.667. The lowest BCUT2D eigenvalue weighted by Gasteiger charge is -2.33. The number of nitrogens with one attached hydrogen (secondary N) is 1. The molecule has 1 atom stereocenters. The van der Waals surface area contributed by atoms with Crippen molar-refractivity contribution in [1.29, 1.82) is 0 Å². The lowest BCUT2D eigenvalue weighted by molar-refractivity contribution is -0.131. The molecule has 0 spiro atoms. The van der Waals surface area contributed by atoms with E-state index in [1.165, 1.54) is 29.7 Å². The van der Waals surface area contributed by atoms with Gasteiger partial charge in [-0.15, -0.1) is 11.3 Å². The molecule has 1 aliphatic carbocycles. The second kappa shape index (κ2) is 5.63. The highest BCUT2D eigenvalue weighted by Crippen LogP contribution is 2.29. The molecule has 4 heteroatoms. The number of carbonyl (C=O) groups excluding carboxylic acids is 1. The molecule has 1 aliphatic heterocycles. The number of thiophene rings is 1. The second-order valence-corrected chi connectivity index (χ2v) is 6.80. The van der Waals surface area contributed by atoms with Gasteiger partial charge in [0.15, 0.2) is 0 Å². The summed E-state index contributed by atoms with van der Waals surface area (Å²) in [4.78, 5) is 15.7. The Labute approximate surface area is 119 Å². The van der Waals surface area contributed by atoms with Gasteiger partial charge in [-0.3, -0.25) is 4.79 Å². The average molecular weight is 278 g/mol. The van der Waals surface area contributed by atoms with Crippen molar-refractivity contribution < 1.29 is 4.79 Å². The molecule has 3 nitrogen and oxygen atoms in total. The fourth-order valence-electron chi connectivity index (χ4n) is 2.93. The maximum absolute atomic E-state index is 12.2. The summed E-state index contributed by atoms with van der Waals surface area (Å²) in [5.74, 6) is 1.04. The van der Waals surface area contributed by atoms with Crippen LogP contribution in [0.5, 0.6) is 0 Å². The summed E-state index contributed by atoms with van der Waals surface area (Å²) in [5, 5.41) is 5.55. The van der Waals surface area contributed by atoms with Gasteiger partial charge in [0.05, 0.1) is 6.54 Å². The highest BCUT2D eigenvalue weighted by molar-refractivity contribution is 7.10. The Balaban J connectivity index is 1.48. The normalized spacial score (nSPS) is 20.8. The Morgan fingerprint density at radius 1 is 1.58 bits per heavy atom. The summed E-state index contributed by atoms with van der Waals surface area (Å²) in [5.41, 5.74) is 1.34. The first kappa shape index (κ1) is 13.1. The lowest BCUT2D eigenvalue weighted by Crippen LogP contribution is -2.45. The van der Waals surface area contributed by atoms with E-state index in [2.05, 4.69) is 23.7 Å². The zero-order valence-corrected chi connectivity index (χ0v) is 12.3. The molecule has 1 amide bonds. The molecular weight excluding hydrogens is 256 g/mol. The molecule has 0 aromatic carbocycles. The summed E-state index contributed by atoms with van der Waals surface area (Å²) in [6.07, 6.45) is 5.03. The van der Waals surface area contributed by atoms with Crippen molar-refractivity contribution >= 4 is 17.2 Å². The van der Waals surface area contributed by atoms with Crippen LogP contribution in [0.4, 0.5) is 0 Å². The Bertz CT molecular complexity index is 453. The number of fused-ring (bicyclic) bond motifs is 1. The molecule has 2 aliphatic rings. The van der Waals surface area contributed by atoms with Crippen LogP contribution in [-0.2, 0) is 17.8 Å². The summed E-state index contributed by atoms with van der Waals surface area (Å²) in [7, 11) is 0. The van der Waals surface area contributed by atoms with Crippen molar-refractivity contribution in [2.45, 2.75) is 45.2 Å². The van der Waals surface area contributed by atoms with E-state index in [4.69, 9.17) is 0 Å². The van der Waals surface area contributed by atoms with E-state index in [9.17, 15) is 4.79 Å². The number of hydrogen-bond donors (Lipinski definition) is 1. The van der Waals surface area contributed by atoms with Gasteiger partial charge in [0.1, 0.15) is 0 Å². The summed E-state index contributed by atoms with van der Waals surface area (Å²) >= 11 is 1.82. The summed E-state index contributed by atoms with van der Waals surface area (Å²) in [6, 6.07) is 2.64. The lowest BCUT2D eigenvalue weighted by atomic mass is 9.80. The van der Waals surface area contributed by atoms with Crippen molar-refractivity contribution in [2.75, 3.05) is 13.1 Å². The minimum Gasteiger partial charge on any atom is -0.337 e. The van der Waals surface area contributed by atoms with Crippen molar-refractivity contribution in [2.24, 2.45) is 5.92 Å². The first-order valence-electron chi connectivity index (χ1n) is 7.30. The Hall–Kier alpha value is -0.870. The smallest absolute Gasteiger partial charge is 0.236 e. The summed E-state index contributed by atoms with van der Waals surface area (Å²) in [6.45, 7) is 4.39. The molecule has 3 rings (SSSR count). The maximum Gasteiger partial charge on any atom is 0.236 e. The van der Waals surface area contributed by atoms with E-state index < -0.39 is 0 Å². The van der Waals surface area contributed by atoms with Gasteiger partial charge in [0, 0.05) is 24.0 Å². The van der Waals surface area contributed by atoms with E-state index >= 15 is 0 Å². The molecule has 1 aromatic heterocycles. The molecule has 104 valence electrons. The van der Waals surface area contributed by atoms with E-state index in [1.807, 2.05) is 16.2 Å². The Kier molecular flexibility index (Phi) is 3.89. The van der Waals surface area contributed by atoms with Crippen LogP contribution in [0.1, 0.15) is 36.6 Å². The zero-order valence-electron chi connectivity index (χ0n) is 11.5. The third kappa shape index (κ3) is 2.84. The number of rotatable bonds is 4. The molecule has 1 unspecified atom stereocenters. The summed E-state index contributed by atoms with van der Waals surface area (Å²) < 4.78 is 0. The molecule has 1 saturated carbocycles. The van der Waals surface area contributed by atoms with Crippen LogP contribution in [0, 0.1) is 5.92 Å². The third-order valence-electron chi connectivity index (χ3n) is 4.59. The van der Waals surface area contributed by atoms with Gasteiger partial charge in [0.25, 0.3) is 0 Å². The minimum absolute atomic E-state index is 0.253. The van der Waals surface area contributed by atoms with Gasteiger partial charge in [-0.1, -0.05) is 6.42 Å². The van der Waals surface area contributed by atoms with Crippen LogP contribution in [0.3, 0.4) is 0 Å². The van der Waals surface area contributed by atoms with E-state index in [-0.39, 0.29) is 5.91 Å².